The number of aromatic amines is 1. The van der Waals surface area contributed by atoms with Crippen LogP contribution in [-0.4, -0.2) is 41.9 Å². The number of thioether (sulfide) groups is 1. The van der Waals surface area contributed by atoms with Crippen LogP contribution in [0.4, 0.5) is 20.3 Å². The zero-order chi connectivity index (χ0) is 17.6. The third-order valence-electron chi connectivity index (χ3n) is 3.93. The smallest absolute Gasteiger partial charge is 0.288 e. The molecule has 8 heteroatoms. The summed E-state index contributed by atoms with van der Waals surface area (Å²) in [7, 11) is 0. The normalized spacial score (nSPS) is 14.7. The van der Waals surface area contributed by atoms with Gasteiger partial charge in [-0.1, -0.05) is 17.8 Å². The van der Waals surface area contributed by atoms with Crippen LogP contribution in [0.3, 0.4) is 0 Å². The number of halogens is 2. The van der Waals surface area contributed by atoms with Crippen LogP contribution >= 0.6 is 24.0 Å². The van der Waals surface area contributed by atoms with E-state index in [0.717, 1.165) is 37.7 Å². The Kier molecular flexibility index (Phi) is 6.04. The summed E-state index contributed by atoms with van der Waals surface area (Å²) in [6.45, 7) is 3.42. The lowest BCUT2D eigenvalue weighted by Gasteiger charge is -2.32. The van der Waals surface area contributed by atoms with E-state index < -0.39 is 5.76 Å². The van der Waals surface area contributed by atoms with Gasteiger partial charge in [-0.2, -0.15) is 8.78 Å². The van der Waals surface area contributed by atoms with E-state index in [-0.39, 0.29) is 0 Å². The van der Waals surface area contributed by atoms with Gasteiger partial charge in [0.1, 0.15) is 13.1 Å². The predicted molar refractivity (Wildman–Crippen MR) is 101 cm³/mol. The summed E-state index contributed by atoms with van der Waals surface area (Å²) in [6.07, 6.45) is 1.92. The van der Waals surface area contributed by atoms with E-state index in [4.69, 9.17) is 12.2 Å². The Hall–Kier alpha value is -1.93. The minimum absolute atomic E-state index is 0.539. The second-order valence-corrected chi connectivity index (χ2v) is 7.01. The molecule has 2 heterocycles. The van der Waals surface area contributed by atoms with Crippen LogP contribution < -0.4 is 15.2 Å². The van der Waals surface area contributed by atoms with Gasteiger partial charge in [-0.25, -0.2) is 4.98 Å². The molecule has 0 amide bonds. The first-order chi connectivity index (χ1) is 12.1. The minimum atomic E-state index is -2.40. The molecule has 1 aromatic heterocycles. The lowest BCUT2D eigenvalue weighted by atomic mass is 10.3. The highest BCUT2D eigenvalue weighted by molar-refractivity contribution is 7.99. The zero-order valence-electron chi connectivity index (χ0n) is 13.5. The number of nitrogens with one attached hydrogen (secondary N) is 2. The van der Waals surface area contributed by atoms with Crippen molar-refractivity contribution in [3.8, 4) is 0 Å². The van der Waals surface area contributed by atoms with Crippen molar-refractivity contribution in [2.45, 2.75) is 10.7 Å². The molecule has 0 saturated carbocycles. The van der Waals surface area contributed by atoms with Crippen LogP contribution in [0.1, 0.15) is 0 Å². The van der Waals surface area contributed by atoms with Gasteiger partial charge in [0.05, 0.1) is 19.3 Å². The van der Waals surface area contributed by atoms with Crippen molar-refractivity contribution in [1.82, 2.24) is 4.90 Å². The maximum absolute atomic E-state index is 12.3. The average molecular weight is 381 g/mol. The van der Waals surface area contributed by atoms with Crippen LogP contribution in [0, 0.1) is 0 Å². The first kappa shape index (κ1) is 17.9. The Labute approximate surface area is 155 Å². The van der Waals surface area contributed by atoms with E-state index in [0.29, 0.717) is 21.8 Å². The van der Waals surface area contributed by atoms with Gasteiger partial charge in [0.15, 0.2) is 5.11 Å². The summed E-state index contributed by atoms with van der Waals surface area (Å²) in [5.74, 6) is -1.30. The molecule has 2 N–H and O–H groups in total. The first-order valence-electron chi connectivity index (χ1n) is 7.94. The summed E-state index contributed by atoms with van der Waals surface area (Å²) in [4.78, 5) is 8.19. The number of H-pyrrole nitrogens is 1. The monoisotopic (exact) mass is 381 g/mol. The number of pyridine rings is 1. The molecule has 0 bridgehead atoms. The SMILES string of the molecule is FC(F)Sc1ccc(NC(=S)N2CCN(c3cccc[nH+]3)CC2)cc1. The minimum Gasteiger partial charge on any atom is -0.341 e. The van der Waals surface area contributed by atoms with Gasteiger partial charge in [-0.15, -0.1) is 0 Å². The Morgan fingerprint density at radius 2 is 1.80 bits per heavy atom. The number of benzene rings is 1. The van der Waals surface area contributed by atoms with Gasteiger partial charge in [0.25, 0.3) is 11.6 Å². The number of nitrogens with zero attached hydrogens (tertiary/aromatic N) is 2. The van der Waals surface area contributed by atoms with Crippen molar-refractivity contribution in [3.05, 3.63) is 48.7 Å². The molecule has 25 heavy (non-hydrogen) atoms. The number of hydrogen-bond donors (Lipinski definition) is 1. The highest BCUT2D eigenvalue weighted by atomic mass is 32.2. The third kappa shape index (κ3) is 5.02. The molecule has 0 spiro atoms. The molecule has 3 rings (SSSR count). The molecule has 2 aromatic rings. The fourth-order valence-corrected chi connectivity index (χ4v) is 3.45. The first-order valence-corrected chi connectivity index (χ1v) is 9.23. The molecule has 0 unspecified atom stereocenters. The van der Waals surface area contributed by atoms with Gasteiger partial charge >= 0.3 is 0 Å². The van der Waals surface area contributed by atoms with Crippen molar-refractivity contribution in [3.63, 3.8) is 0 Å². The maximum atomic E-state index is 12.3. The van der Waals surface area contributed by atoms with E-state index in [1.807, 2.05) is 18.3 Å². The van der Waals surface area contributed by atoms with Crippen molar-refractivity contribution < 1.29 is 13.8 Å². The Morgan fingerprint density at radius 1 is 1.08 bits per heavy atom. The molecular formula is C17H19F2N4S2+. The summed E-state index contributed by atoms with van der Waals surface area (Å²) >= 11 is 6.02. The lowest BCUT2D eigenvalue weighted by molar-refractivity contribution is -0.364. The largest absolute Gasteiger partial charge is 0.341 e. The molecule has 1 fully saturated rings. The molecule has 0 atom stereocenters. The summed E-state index contributed by atoms with van der Waals surface area (Å²) in [6, 6.07) is 12.9. The average Bonchev–Trinajstić information content (AvgIpc) is 2.64. The molecule has 1 saturated heterocycles. The molecule has 1 aliphatic heterocycles. The fourth-order valence-electron chi connectivity index (χ4n) is 2.65. The van der Waals surface area contributed by atoms with Crippen molar-refractivity contribution in [1.29, 1.82) is 0 Å². The van der Waals surface area contributed by atoms with Crippen LogP contribution in [0.25, 0.3) is 0 Å². The zero-order valence-corrected chi connectivity index (χ0v) is 15.1. The Morgan fingerprint density at radius 3 is 2.40 bits per heavy atom. The quantitative estimate of drug-likeness (QED) is 0.649. The number of alkyl halides is 2. The second kappa shape index (κ2) is 8.44. The second-order valence-electron chi connectivity index (χ2n) is 5.55. The molecular weight excluding hydrogens is 362 g/mol. The van der Waals surface area contributed by atoms with Gasteiger partial charge < -0.3 is 10.2 Å². The fraction of sp³-hybridized carbons (Fsp3) is 0.294. The third-order valence-corrected chi connectivity index (χ3v) is 5.01. The van der Waals surface area contributed by atoms with E-state index in [1.54, 1.807) is 24.3 Å². The molecule has 132 valence electrons. The number of hydrogen-bond acceptors (Lipinski definition) is 3. The highest BCUT2D eigenvalue weighted by Crippen LogP contribution is 2.26. The highest BCUT2D eigenvalue weighted by Gasteiger charge is 2.24. The van der Waals surface area contributed by atoms with Crippen LogP contribution in [0.5, 0.6) is 0 Å². The number of anilines is 2. The van der Waals surface area contributed by atoms with E-state index >= 15 is 0 Å². The van der Waals surface area contributed by atoms with Crippen LogP contribution in [-0.2, 0) is 0 Å². The van der Waals surface area contributed by atoms with Gasteiger partial charge in [-0.05, 0) is 42.5 Å². The van der Waals surface area contributed by atoms with Crippen molar-refractivity contribution in [2.75, 3.05) is 36.4 Å². The Bertz CT molecular complexity index is 690. The standard InChI is InChI=1S/C17H18F2N4S2/c18-16(19)25-14-6-4-13(5-7-14)21-17(24)23-11-9-22(10-12-23)15-3-1-2-8-20-15/h1-8,16H,9-12H2,(H,21,24)/p+1. The number of piperazine rings is 1. The van der Waals surface area contributed by atoms with Crippen LogP contribution in [0.2, 0.25) is 0 Å². The summed E-state index contributed by atoms with van der Waals surface area (Å²) < 4.78 is 24.7. The van der Waals surface area contributed by atoms with E-state index in [1.165, 1.54) is 0 Å². The molecule has 1 aliphatic rings. The topological polar surface area (TPSA) is 32.6 Å². The van der Waals surface area contributed by atoms with Gasteiger partial charge in [0.2, 0.25) is 0 Å². The molecule has 0 aliphatic carbocycles. The Balaban J connectivity index is 1.51. The van der Waals surface area contributed by atoms with E-state index in [2.05, 4.69) is 26.2 Å². The number of thiocarbonyl (C=S) groups is 1. The molecule has 1 aromatic carbocycles. The van der Waals surface area contributed by atoms with Crippen LogP contribution in [0.15, 0.2) is 53.6 Å². The lowest BCUT2D eigenvalue weighted by Crippen LogP contribution is -2.51. The molecule has 4 nitrogen and oxygen atoms in total. The van der Waals surface area contributed by atoms with Gasteiger partial charge in [0, 0.05) is 16.6 Å². The number of rotatable bonds is 4. The van der Waals surface area contributed by atoms with Gasteiger partial charge in [-0.3, -0.25) is 4.90 Å². The van der Waals surface area contributed by atoms with E-state index in [9.17, 15) is 8.78 Å². The predicted octanol–water partition coefficient (Wildman–Crippen LogP) is 3.33. The van der Waals surface area contributed by atoms with Crippen molar-refractivity contribution in [2.24, 2.45) is 0 Å². The van der Waals surface area contributed by atoms with Crippen molar-refractivity contribution >= 4 is 40.6 Å². The summed E-state index contributed by atoms with van der Waals surface area (Å²) in [5.41, 5.74) is 0.808. The number of aromatic nitrogens is 1. The molecule has 0 radical (unpaired) electrons. The summed E-state index contributed by atoms with van der Waals surface area (Å²) in [5, 5.41) is 3.84. The maximum Gasteiger partial charge on any atom is 0.288 e.